The SMILES string of the molecule is Cn1c(=O)n(C2CCC(=O)NC2=O)c2cccc(CCCOCC3CN(CC4CCC(n5cc(NC(=O)c6coc(-c7ccnc(NCC8CC8)c7)n6)c(C(F)F)n5)CC4)C3)c21. The van der Waals surface area contributed by atoms with Crippen molar-refractivity contribution in [2.45, 2.75) is 82.7 Å². The van der Waals surface area contributed by atoms with Gasteiger partial charge in [-0.15, -0.1) is 0 Å². The maximum atomic E-state index is 14.1. The van der Waals surface area contributed by atoms with Gasteiger partial charge in [-0.2, -0.15) is 5.10 Å². The smallest absolute Gasteiger partial charge is 0.329 e. The Balaban J connectivity index is 0.700. The average molecular weight is 855 g/mol. The standard InChI is InChI=1S/C44H52F2N10O6/c1-53-39-29(4-2-6-34(39)56(44(53)60)35-13-14-37(57)51-42(35)59)5-3-17-61-24-28-21-54(22-28)20-27-9-11-31(12-10-27)55-23-32(38(52-55)40(45)46)49-41(58)33-25-62-43(50-33)30-15-16-47-36(18-30)48-19-26-7-8-26/h2,4,6,15-16,18,23,25-28,31,35,40H,3,5,7-14,17,19-22,24H2,1H3,(H,47,48)(H,49,58)(H,51,57,59). The van der Waals surface area contributed by atoms with Gasteiger partial charge in [0, 0.05) is 70.1 Å². The molecule has 4 fully saturated rings. The Labute approximate surface area is 356 Å². The summed E-state index contributed by atoms with van der Waals surface area (Å²) in [5, 5.41) is 12.5. The van der Waals surface area contributed by atoms with Gasteiger partial charge < -0.3 is 24.7 Å². The number of imide groups is 1. The number of carbonyl (C=O) groups excluding carboxylic acids is 3. The van der Waals surface area contributed by atoms with Gasteiger partial charge >= 0.3 is 5.69 Å². The molecule has 4 aromatic heterocycles. The number of pyridine rings is 1. The second-order valence-corrected chi connectivity index (χ2v) is 17.4. The van der Waals surface area contributed by atoms with Crippen LogP contribution in [-0.4, -0.2) is 90.9 Å². The van der Waals surface area contributed by atoms with Crippen LogP contribution in [-0.2, 0) is 27.8 Å². The third-order valence-electron chi connectivity index (χ3n) is 12.8. The van der Waals surface area contributed by atoms with Gasteiger partial charge in [0.05, 0.1) is 29.4 Å². The number of piperidine rings is 1. The number of rotatable bonds is 17. The Morgan fingerprint density at radius 1 is 1.03 bits per heavy atom. The summed E-state index contributed by atoms with van der Waals surface area (Å²) < 4.78 is 44.6. The van der Waals surface area contributed by atoms with Crippen molar-refractivity contribution in [3.8, 4) is 11.5 Å². The number of hydrogen-bond donors (Lipinski definition) is 3. The van der Waals surface area contributed by atoms with E-state index in [1.54, 1.807) is 34.6 Å². The van der Waals surface area contributed by atoms with Crippen LogP contribution >= 0.6 is 0 Å². The number of nitrogens with zero attached hydrogens (tertiary/aromatic N) is 7. The molecule has 1 atom stereocenters. The van der Waals surface area contributed by atoms with Crippen LogP contribution in [0.2, 0.25) is 0 Å². The maximum Gasteiger partial charge on any atom is 0.329 e. The Hall–Kier alpha value is -5.75. The van der Waals surface area contributed by atoms with E-state index in [9.17, 15) is 28.0 Å². The highest BCUT2D eigenvalue weighted by molar-refractivity contribution is 6.03. The third kappa shape index (κ3) is 9.07. The van der Waals surface area contributed by atoms with Gasteiger partial charge in [0.1, 0.15) is 18.1 Å². The van der Waals surface area contributed by atoms with E-state index in [-0.39, 0.29) is 41.3 Å². The van der Waals surface area contributed by atoms with Crippen LogP contribution in [0.4, 0.5) is 20.3 Å². The molecule has 62 heavy (non-hydrogen) atoms. The Morgan fingerprint density at radius 2 is 1.84 bits per heavy atom. The molecule has 2 aliphatic carbocycles. The van der Waals surface area contributed by atoms with Gasteiger partial charge in [0.15, 0.2) is 11.4 Å². The van der Waals surface area contributed by atoms with Crippen molar-refractivity contribution in [2.75, 3.05) is 50.0 Å². The minimum absolute atomic E-state index is 0.0286. The molecule has 3 amide bonds. The van der Waals surface area contributed by atoms with Crippen molar-refractivity contribution in [3.63, 3.8) is 0 Å². The number of nitrogens with one attached hydrogen (secondary N) is 3. The minimum Gasteiger partial charge on any atom is -0.444 e. The number of halogens is 2. The van der Waals surface area contributed by atoms with Gasteiger partial charge in [-0.25, -0.2) is 23.5 Å². The molecule has 3 N–H and O–H groups in total. The van der Waals surface area contributed by atoms with Crippen LogP contribution < -0.4 is 21.6 Å². The normalized spacial score (nSPS) is 21.1. The summed E-state index contributed by atoms with van der Waals surface area (Å²) in [5.74, 6) is 1.15. The molecular formula is C44H52F2N10O6. The van der Waals surface area contributed by atoms with E-state index < -0.39 is 30.0 Å². The fourth-order valence-corrected chi connectivity index (χ4v) is 9.23. The predicted octanol–water partition coefficient (Wildman–Crippen LogP) is 5.89. The van der Waals surface area contributed by atoms with E-state index in [4.69, 9.17) is 9.15 Å². The Morgan fingerprint density at radius 3 is 2.61 bits per heavy atom. The number of carbonyl (C=O) groups is 3. The van der Waals surface area contributed by atoms with E-state index in [1.165, 1.54) is 29.9 Å². The largest absolute Gasteiger partial charge is 0.444 e. The highest BCUT2D eigenvalue weighted by atomic mass is 19.3. The number of fused-ring (bicyclic) bond motifs is 1. The summed E-state index contributed by atoms with van der Waals surface area (Å²) in [5.41, 5.74) is 2.34. The lowest BCUT2D eigenvalue weighted by Gasteiger charge is -2.42. The highest BCUT2D eigenvalue weighted by Gasteiger charge is 2.34. The fraction of sp³-hybridized carbons (Fsp3) is 0.523. The van der Waals surface area contributed by atoms with E-state index in [2.05, 4.69) is 35.9 Å². The van der Waals surface area contributed by atoms with Crippen LogP contribution in [0.25, 0.3) is 22.5 Å². The van der Waals surface area contributed by atoms with E-state index in [0.717, 1.165) is 75.8 Å². The van der Waals surface area contributed by atoms with Crippen LogP contribution in [0.15, 0.2) is 58.2 Å². The monoisotopic (exact) mass is 854 g/mol. The van der Waals surface area contributed by atoms with Crippen LogP contribution in [0.5, 0.6) is 0 Å². The number of anilines is 2. The van der Waals surface area contributed by atoms with Gasteiger partial charge in [-0.3, -0.25) is 33.5 Å². The fourth-order valence-electron chi connectivity index (χ4n) is 9.23. The highest BCUT2D eigenvalue weighted by Crippen LogP contribution is 2.36. The number of imidazole rings is 1. The molecule has 0 spiro atoms. The first-order valence-corrected chi connectivity index (χ1v) is 21.7. The molecule has 0 radical (unpaired) electrons. The number of aryl methyl sites for hydroxylation is 2. The zero-order chi connectivity index (χ0) is 42.9. The third-order valence-corrected chi connectivity index (χ3v) is 12.8. The second-order valence-electron chi connectivity index (χ2n) is 17.4. The Bertz CT molecular complexity index is 2490. The van der Waals surface area contributed by atoms with Crippen molar-refractivity contribution < 1.29 is 32.3 Å². The number of likely N-dealkylation sites (tertiary alicyclic amines) is 1. The summed E-state index contributed by atoms with van der Waals surface area (Å²) in [6.45, 7) is 5.07. The Kier molecular flexibility index (Phi) is 12.0. The van der Waals surface area contributed by atoms with E-state index in [1.807, 2.05) is 18.2 Å². The minimum atomic E-state index is -2.86. The lowest BCUT2D eigenvalue weighted by Crippen LogP contribution is -2.50. The van der Waals surface area contributed by atoms with Gasteiger partial charge in [-0.05, 0) is 93.4 Å². The molecule has 4 aliphatic rings. The van der Waals surface area contributed by atoms with E-state index >= 15 is 0 Å². The number of oxazole rings is 1. The second kappa shape index (κ2) is 17.9. The molecule has 2 saturated carbocycles. The van der Waals surface area contributed by atoms with E-state index in [0.29, 0.717) is 54.3 Å². The number of amides is 3. The molecule has 6 heterocycles. The summed E-state index contributed by atoms with van der Waals surface area (Å²) in [6.07, 6.45) is 9.46. The van der Waals surface area contributed by atoms with Crippen molar-refractivity contribution in [3.05, 3.63) is 76.4 Å². The predicted molar refractivity (Wildman–Crippen MR) is 225 cm³/mol. The van der Waals surface area contributed by atoms with Gasteiger partial charge in [-0.1, -0.05) is 12.1 Å². The van der Waals surface area contributed by atoms with Gasteiger partial charge in [0.2, 0.25) is 17.7 Å². The lowest BCUT2D eigenvalue weighted by atomic mass is 9.84. The quantitative estimate of drug-likeness (QED) is 0.0750. The first kappa shape index (κ1) is 41.6. The van der Waals surface area contributed by atoms with Gasteiger partial charge in [0.25, 0.3) is 12.3 Å². The number of aromatic nitrogens is 6. The molecular weight excluding hydrogens is 803 g/mol. The van der Waals surface area contributed by atoms with Crippen molar-refractivity contribution in [1.82, 2.24) is 39.1 Å². The zero-order valence-corrected chi connectivity index (χ0v) is 34.7. The number of hydrogen-bond acceptors (Lipinski definition) is 11. The van der Waals surface area contributed by atoms with Crippen molar-refractivity contribution in [2.24, 2.45) is 24.8 Å². The molecule has 1 unspecified atom stereocenters. The molecule has 2 saturated heterocycles. The maximum absolute atomic E-state index is 14.1. The molecule has 328 valence electrons. The topological polar surface area (TPSA) is 183 Å². The molecule has 5 aromatic rings. The first-order valence-electron chi connectivity index (χ1n) is 21.7. The average Bonchev–Trinajstić information content (AvgIpc) is 3.66. The van der Waals surface area contributed by atoms with Crippen LogP contribution in [0.1, 0.15) is 98.0 Å². The number of alkyl halides is 2. The number of ether oxygens (including phenoxy) is 1. The lowest BCUT2D eigenvalue weighted by molar-refractivity contribution is -0.135. The molecule has 9 rings (SSSR count). The van der Waals surface area contributed by atoms with Crippen molar-refractivity contribution in [1.29, 1.82) is 0 Å². The van der Waals surface area contributed by atoms with Crippen molar-refractivity contribution >= 4 is 40.3 Å². The van der Waals surface area contributed by atoms with Crippen LogP contribution in [0.3, 0.4) is 0 Å². The molecule has 16 nitrogen and oxygen atoms in total. The molecule has 0 bridgehead atoms. The summed E-state index contributed by atoms with van der Waals surface area (Å²) in [7, 11) is 1.72. The summed E-state index contributed by atoms with van der Waals surface area (Å²) in [4.78, 5) is 61.8. The zero-order valence-electron chi connectivity index (χ0n) is 34.7. The summed E-state index contributed by atoms with van der Waals surface area (Å²) in [6, 6.07) is 8.54. The number of benzene rings is 1. The first-order chi connectivity index (χ1) is 30.1. The van der Waals surface area contributed by atoms with Crippen LogP contribution in [0, 0.1) is 17.8 Å². The summed E-state index contributed by atoms with van der Waals surface area (Å²) >= 11 is 0. The number of para-hydroxylation sites is 1. The molecule has 2 aliphatic heterocycles. The molecule has 1 aromatic carbocycles. The molecule has 18 heteroatoms.